The van der Waals surface area contributed by atoms with Gasteiger partial charge in [0, 0.05) is 19.4 Å². The lowest BCUT2D eigenvalue weighted by molar-refractivity contribution is 0.0339. The Morgan fingerprint density at radius 3 is 3.06 bits per heavy atom. The van der Waals surface area contributed by atoms with Crippen LogP contribution < -0.4 is 5.32 Å². The predicted octanol–water partition coefficient (Wildman–Crippen LogP) is 0.535. The maximum atomic E-state index is 5.89. The van der Waals surface area contributed by atoms with Crippen LogP contribution in [0.25, 0.3) is 0 Å². The van der Waals surface area contributed by atoms with E-state index in [1.54, 1.807) is 0 Å². The van der Waals surface area contributed by atoms with Crippen LogP contribution in [0, 0.1) is 0 Å². The first-order valence-corrected chi connectivity index (χ1v) is 6.67. The van der Waals surface area contributed by atoms with E-state index in [4.69, 9.17) is 4.74 Å². The van der Waals surface area contributed by atoms with Crippen LogP contribution in [0.15, 0.2) is 0 Å². The molecule has 0 bridgehead atoms. The summed E-state index contributed by atoms with van der Waals surface area (Å²) >= 11 is 0. The van der Waals surface area contributed by atoms with Gasteiger partial charge in [0.1, 0.15) is 11.6 Å². The highest BCUT2D eigenvalue weighted by molar-refractivity contribution is 5.00. The molecule has 94 valence electrons. The van der Waals surface area contributed by atoms with Crippen LogP contribution in [-0.4, -0.2) is 40.6 Å². The lowest BCUT2D eigenvalue weighted by Gasteiger charge is -2.22. The normalized spacial score (nSPS) is 20.7. The molecule has 5 heteroatoms. The number of nitrogens with zero attached hydrogens (tertiary/aromatic N) is 3. The highest BCUT2D eigenvalue weighted by Gasteiger charge is 2.18. The van der Waals surface area contributed by atoms with Gasteiger partial charge < -0.3 is 14.6 Å². The number of ether oxygens (including phenoxy) is 1. The molecule has 0 aromatic carbocycles. The summed E-state index contributed by atoms with van der Waals surface area (Å²) in [4.78, 5) is 0. The van der Waals surface area contributed by atoms with Crippen molar-refractivity contribution in [1.29, 1.82) is 0 Å². The molecule has 1 aromatic heterocycles. The third kappa shape index (κ3) is 2.50. The fraction of sp³-hybridized carbons (Fsp3) is 0.833. The number of hydrogen-bond acceptors (Lipinski definition) is 4. The molecule has 0 radical (unpaired) electrons. The maximum absolute atomic E-state index is 5.89. The molecule has 1 saturated heterocycles. The number of hydrogen-bond donors (Lipinski definition) is 1. The molecule has 2 aliphatic heterocycles. The zero-order valence-corrected chi connectivity index (χ0v) is 10.2. The van der Waals surface area contributed by atoms with Crippen molar-refractivity contribution in [2.24, 2.45) is 0 Å². The Bertz CT molecular complexity index is 371. The number of piperidine rings is 1. The van der Waals surface area contributed by atoms with Gasteiger partial charge >= 0.3 is 0 Å². The molecule has 2 aliphatic rings. The molecule has 1 aromatic rings. The van der Waals surface area contributed by atoms with Crippen LogP contribution >= 0.6 is 0 Å². The van der Waals surface area contributed by atoms with Crippen LogP contribution in [0.3, 0.4) is 0 Å². The van der Waals surface area contributed by atoms with Crippen LogP contribution in [0.4, 0.5) is 0 Å². The minimum absolute atomic E-state index is 0.442. The Morgan fingerprint density at radius 1 is 1.29 bits per heavy atom. The van der Waals surface area contributed by atoms with E-state index < -0.39 is 0 Å². The topological polar surface area (TPSA) is 52.0 Å². The molecule has 0 amide bonds. The minimum Gasteiger partial charge on any atom is -0.378 e. The van der Waals surface area contributed by atoms with Crippen molar-refractivity contribution in [2.45, 2.75) is 44.8 Å². The Morgan fingerprint density at radius 2 is 2.18 bits per heavy atom. The fourth-order valence-corrected chi connectivity index (χ4v) is 2.67. The van der Waals surface area contributed by atoms with E-state index in [9.17, 15) is 0 Å². The zero-order chi connectivity index (χ0) is 11.5. The molecule has 5 nitrogen and oxygen atoms in total. The predicted molar refractivity (Wildman–Crippen MR) is 63.9 cm³/mol. The molecule has 1 N–H and O–H groups in total. The summed E-state index contributed by atoms with van der Waals surface area (Å²) in [5, 5.41) is 11.8. The average molecular weight is 236 g/mol. The minimum atomic E-state index is 0.442. The van der Waals surface area contributed by atoms with Gasteiger partial charge in [0.05, 0.1) is 12.7 Å². The van der Waals surface area contributed by atoms with E-state index in [2.05, 4.69) is 20.1 Å². The summed E-state index contributed by atoms with van der Waals surface area (Å²) in [5.74, 6) is 2.26. The summed E-state index contributed by atoms with van der Waals surface area (Å²) in [5.41, 5.74) is 0. The Hall–Kier alpha value is -0.940. The first-order valence-electron chi connectivity index (χ1n) is 6.67. The van der Waals surface area contributed by atoms with Crippen LogP contribution in [0.5, 0.6) is 0 Å². The fourth-order valence-electron chi connectivity index (χ4n) is 2.67. The van der Waals surface area contributed by atoms with Gasteiger partial charge in [0.15, 0.2) is 0 Å². The van der Waals surface area contributed by atoms with Gasteiger partial charge in [0.2, 0.25) is 0 Å². The Balaban J connectivity index is 1.47. The molecule has 0 saturated carbocycles. The summed E-state index contributed by atoms with van der Waals surface area (Å²) in [6.07, 6.45) is 5.92. The molecule has 0 unspecified atom stereocenters. The lowest BCUT2D eigenvalue weighted by atomic mass is 10.1. The maximum Gasteiger partial charge on any atom is 0.135 e. The largest absolute Gasteiger partial charge is 0.378 e. The van der Waals surface area contributed by atoms with Gasteiger partial charge in [-0.1, -0.05) is 0 Å². The number of nitrogens with one attached hydrogen (secondary N) is 1. The Labute approximate surface area is 102 Å². The van der Waals surface area contributed by atoms with Crippen molar-refractivity contribution in [3.63, 3.8) is 0 Å². The third-order valence-corrected chi connectivity index (χ3v) is 3.65. The molecule has 0 aliphatic carbocycles. The van der Waals surface area contributed by atoms with Crippen molar-refractivity contribution >= 4 is 0 Å². The smallest absolute Gasteiger partial charge is 0.135 e. The first-order chi connectivity index (χ1) is 8.43. The van der Waals surface area contributed by atoms with E-state index in [1.165, 1.54) is 6.42 Å². The summed E-state index contributed by atoms with van der Waals surface area (Å²) < 4.78 is 8.15. The second-order valence-electron chi connectivity index (χ2n) is 4.86. The number of aryl methyl sites for hydroxylation is 1. The monoisotopic (exact) mass is 236 g/mol. The SMILES string of the molecule is C1Cc2nnc(CCOC3CCNCC3)n2C1. The standard InChI is InChI=1S/C12H20N4O/c1-2-11-14-15-12(16(11)8-1)5-9-17-10-3-6-13-7-4-10/h10,13H,1-9H2. The van der Waals surface area contributed by atoms with Gasteiger partial charge in [-0.05, 0) is 32.4 Å². The molecule has 0 spiro atoms. The summed E-state index contributed by atoms with van der Waals surface area (Å²) in [6, 6.07) is 0. The second-order valence-corrected chi connectivity index (χ2v) is 4.86. The molecule has 17 heavy (non-hydrogen) atoms. The molecule has 3 heterocycles. The van der Waals surface area contributed by atoms with E-state index in [1.807, 2.05) is 0 Å². The van der Waals surface area contributed by atoms with E-state index >= 15 is 0 Å². The van der Waals surface area contributed by atoms with Crippen molar-refractivity contribution in [1.82, 2.24) is 20.1 Å². The molecule has 1 fully saturated rings. The highest BCUT2D eigenvalue weighted by Crippen LogP contribution is 2.15. The van der Waals surface area contributed by atoms with E-state index in [0.717, 1.165) is 63.6 Å². The van der Waals surface area contributed by atoms with Gasteiger partial charge in [0.25, 0.3) is 0 Å². The second kappa shape index (κ2) is 5.14. The van der Waals surface area contributed by atoms with Crippen LogP contribution in [0.1, 0.15) is 30.9 Å². The molecular formula is C12H20N4O. The first kappa shape index (κ1) is 11.2. The molecule has 0 atom stereocenters. The van der Waals surface area contributed by atoms with Gasteiger partial charge in [-0.2, -0.15) is 0 Å². The highest BCUT2D eigenvalue weighted by atomic mass is 16.5. The van der Waals surface area contributed by atoms with Gasteiger partial charge in [-0.15, -0.1) is 10.2 Å². The lowest BCUT2D eigenvalue weighted by Crippen LogP contribution is -2.32. The summed E-state index contributed by atoms with van der Waals surface area (Å²) in [7, 11) is 0. The zero-order valence-electron chi connectivity index (χ0n) is 10.2. The van der Waals surface area contributed by atoms with Crippen molar-refractivity contribution in [3.8, 4) is 0 Å². The van der Waals surface area contributed by atoms with Crippen molar-refractivity contribution in [3.05, 3.63) is 11.6 Å². The quantitative estimate of drug-likeness (QED) is 0.829. The van der Waals surface area contributed by atoms with E-state index in [0.29, 0.717) is 6.10 Å². The Kier molecular flexibility index (Phi) is 3.38. The van der Waals surface area contributed by atoms with E-state index in [-0.39, 0.29) is 0 Å². The average Bonchev–Trinajstić information content (AvgIpc) is 2.95. The summed E-state index contributed by atoms with van der Waals surface area (Å²) in [6.45, 7) is 4.05. The third-order valence-electron chi connectivity index (χ3n) is 3.65. The van der Waals surface area contributed by atoms with Crippen molar-refractivity contribution < 1.29 is 4.74 Å². The number of fused-ring (bicyclic) bond motifs is 1. The number of rotatable bonds is 4. The van der Waals surface area contributed by atoms with Gasteiger partial charge in [-0.25, -0.2) is 0 Å². The van der Waals surface area contributed by atoms with Gasteiger partial charge in [-0.3, -0.25) is 0 Å². The van der Waals surface area contributed by atoms with Crippen LogP contribution in [0.2, 0.25) is 0 Å². The molecular weight excluding hydrogens is 216 g/mol. The van der Waals surface area contributed by atoms with Crippen LogP contribution in [-0.2, 0) is 24.1 Å². The molecule has 3 rings (SSSR count). The number of aromatic nitrogens is 3. The van der Waals surface area contributed by atoms with Crippen molar-refractivity contribution in [2.75, 3.05) is 19.7 Å².